The molecule has 1 heterocycles. The predicted molar refractivity (Wildman–Crippen MR) is 90.1 cm³/mol. The second-order valence-corrected chi connectivity index (χ2v) is 5.94. The summed E-state index contributed by atoms with van der Waals surface area (Å²) in [5.41, 5.74) is 3.04. The topological polar surface area (TPSA) is 32.3 Å². The van der Waals surface area contributed by atoms with Crippen molar-refractivity contribution in [2.75, 3.05) is 18.4 Å². The van der Waals surface area contributed by atoms with Gasteiger partial charge in [-0.15, -0.1) is 11.3 Å². The Bertz CT molecular complexity index is 602. The van der Waals surface area contributed by atoms with Crippen molar-refractivity contribution in [3.05, 3.63) is 51.7 Å². The lowest BCUT2D eigenvalue weighted by Crippen LogP contribution is -2.30. The third-order valence-electron chi connectivity index (χ3n) is 3.58. The summed E-state index contributed by atoms with van der Waals surface area (Å²) in [6.07, 6.45) is 0. The minimum absolute atomic E-state index is 0.0935. The van der Waals surface area contributed by atoms with Crippen molar-refractivity contribution in [2.24, 2.45) is 0 Å². The van der Waals surface area contributed by atoms with Crippen molar-refractivity contribution in [3.8, 4) is 0 Å². The molecule has 21 heavy (non-hydrogen) atoms. The third kappa shape index (κ3) is 3.85. The number of nitrogens with zero attached hydrogens (tertiary/aromatic N) is 1. The predicted octanol–water partition coefficient (Wildman–Crippen LogP) is 4.15. The van der Waals surface area contributed by atoms with Crippen LogP contribution in [0.15, 0.2) is 35.7 Å². The van der Waals surface area contributed by atoms with Gasteiger partial charge in [0.15, 0.2) is 0 Å². The van der Waals surface area contributed by atoms with Gasteiger partial charge in [0.05, 0.1) is 0 Å². The van der Waals surface area contributed by atoms with Crippen LogP contribution in [0.4, 0.5) is 5.69 Å². The third-order valence-corrected chi connectivity index (χ3v) is 4.60. The van der Waals surface area contributed by atoms with E-state index in [1.54, 1.807) is 11.3 Å². The molecule has 3 nitrogen and oxygen atoms in total. The second kappa shape index (κ2) is 7.27. The van der Waals surface area contributed by atoms with E-state index >= 15 is 0 Å². The van der Waals surface area contributed by atoms with Crippen LogP contribution in [0.3, 0.4) is 0 Å². The molecule has 2 aromatic rings. The van der Waals surface area contributed by atoms with E-state index in [9.17, 15) is 4.79 Å². The van der Waals surface area contributed by atoms with E-state index in [0.29, 0.717) is 0 Å². The number of amides is 1. The first kappa shape index (κ1) is 15.6. The molecule has 0 atom stereocenters. The van der Waals surface area contributed by atoms with Crippen molar-refractivity contribution < 1.29 is 4.79 Å². The average Bonchev–Trinajstić information content (AvgIpc) is 2.92. The molecule has 1 amide bonds. The number of thiophene rings is 1. The molecule has 0 aliphatic carbocycles. The number of carbonyl (C=O) groups is 1. The normalized spacial score (nSPS) is 10.4. The molecule has 1 aromatic carbocycles. The van der Waals surface area contributed by atoms with Crippen LogP contribution in [-0.2, 0) is 6.54 Å². The van der Waals surface area contributed by atoms with Crippen LogP contribution >= 0.6 is 11.3 Å². The van der Waals surface area contributed by atoms with Crippen LogP contribution < -0.4 is 5.32 Å². The zero-order valence-electron chi connectivity index (χ0n) is 12.8. The first-order chi connectivity index (χ1) is 10.2. The van der Waals surface area contributed by atoms with Gasteiger partial charge in [0.2, 0.25) is 0 Å². The molecule has 0 aliphatic rings. The fraction of sp³-hybridized carbons (Fsp3) is 0.353. The quantitative estimate of drug-likeness (QED) is 0.869. The minimum atomic E-state index is 0.0935. The standard InChI is InChI=1S/C17H22N2OS/c1-4-19(5-2)17(20)14-7-6-8-15(11-14)18-12-16-13(3)9-10-21-16/h6-11,18H,4-5,12H2,1-3H3. The molecular formula is C17H22N2OS. The molecule has 0 bridgehead atoms. The summed E-state index contributed by atoms with van der Waals surface area (Å²) < 4.78 is 0. The number of aryl methyl sites for hydroxylation is 1. The number of rotatable bonds is 6. The smallest absolute Gasteiger partial charge is 0.253 e. The van der Waals surface area contributed by atoms with Crippen LogP contribution in [0.5, 0.6) is 0 Å². The Morgan fingerprint density at radius 1 is 1.24 bits per heavy atom. The fourth-order valence-corrected chi connectivity index (χ4v) is 3.07. The van der Waals surface area contributed by atoms with Crippen LogP contribution in [0.1, 0.15) is 34.6 Å². The summed E-state index contributed by atoms with van der Waals surface area (Å²) >= 11 is 1.75. The van der Waals surface area contributed by atoms with E-state index in [1.165, 1.54) is 10.4 Å². The maximum absolute atomic E-state index is 12.3. The minimum Gasteiger partial charge on any atom is -0.380 e. The van der Waals surface area contributed by atoms with Gasteiger partial charge < -0.3 is 10.2 Å². The second-order valence-electron chi connectivity index (χ2n) is 4.94. The zero-order valence-corrected chi connectivity index (χ0v) is 13.7. The molecule has 0 radical (unpaired) electrons. The van der Waals surface area contributed by atoms with Crippen LogP contribution in [0, 0.1) is 6.92 Å². The van der Waals surface area contributed by atoms with Gasteiger partial charge in [-0.25, -0.2) is 0 Å². The Morgan fingerprint density at radius 3 is 2.62 bits per heavy atom. The number of hydrogen-bond acceptors (Lipinski definition) is 3. The fourth-order valence-electron chi connectivity index (χ4n) is 2.22. The van der Waals surface area contributed by atoms with Crippen molar-refractivity contribution in [1.82, 2.24) is 4.90 Å². The van der Waals surface area contributed by atoms with E-state index in [4.69, 9.17) is 0 Å². The Labute approximate surface area is 130 Å². The molecule has 112 valence electrons. The van der Waals surface area contributed by atoms with Gasteiger partial charge in [0.1, 0.15) is 0 Å². The van der Waals surface area contributed by atoms with E-state index in [-0.39, 0.29) is 5.91 Å². The number of anilines is 1. The number of carbonyl (C=O) groups excluding carboxylic acids is 1. The van der Waals surface area contributed by atoms with Crippen LogP contribution in [0.2, 0.25) is 0 Å². The Hall–Kier alpha value is -1.81. The molecule has 0 fully saturated rings. The molecule has 0 saturated heterocycles. The highest BCUT2D eigenvalue weighted by molar-refractivity contribution is 7.10. The van der Waals surface area contributed by atoms with Crippen molar-refractivity contribution in [2.45, 2.75) is 27.3 Å². The largest absolute Gasteiger partial charge is 0.380 e. The molecule has 4 heteroatoms. The van der Waals surface area contributed by atoms with Gasteiger partial charge >= 0.3 is 0 Å². The van der Waals surface area contributed by atoms with E-state index in [2.05, 4.69) is 23.7 Å². The van der Waals surface area contributed by atoms with Gasteiger partial charge in [0, 0.05) is 35.8 Å². The Morgan fingerprint density at radius 2 is 2.00 bits per heavy atom. The maximum atomic E-state index is 12.3. The lowest BCUT2D eigenvalue weighted by atomic mass is 10.1. The number of benzene rings is 1. The van der Waals surface area contributed by atoms with Gasteiger partial charge in [-0.05, 0) is 56.0 Å². The lowest BCUT2D eigenvalue weighted by Gasteiger charge is -2.19. The molecule has 0 spiro atoms. The summed E-state index contributed by atoms with van der Waals surface area (Å²) in [4.78, 5) is 15.5. The summed E-state index contributed by atoms with van der Waals surface area (Å²) in [6, 6.07) is 9.87. The summed E-state index contributed by atoms with van der Waals surface area (Å²) in [5.74, 6) is 0.0935. The first-order valence-corrected chi connectivity index (χ1v) is 8.19. The molecule has 1 aromatic heterocycles. The average molecular weight is 302 g/mol. The van der Waals surface area contributed by atoms with E-state index in [1.807, 2.05) is 43.0 Å². The Kier molecular flexibility index (Phi) is 5.39. The SMILES string of the molecule is CCN(CC)C(=O)c1cccc(NCc2sccc2C)c1. The van der Waals surface area contributed by atoms with Crippen LogP contribution in [0.25, 0.3) is 0 Å². The summed E-state index contributed by atoms with van der Waals surface area (Å²) in [7, 11) is 0. The molecule has 0 unspecified atom stereocenters. The number of nitrogens with one attached hydrogen (secondary N) is 1. The lowest BCUT2D eigenvalue weighted by molar-refractivity contribution is 0.0773. The molecule has 0 saturated carbocycles. The van der Waals surface area contributed by atoms with E-state index < -0.39 is 0 Å². The monoisotopic (exact) mass is 302 g/mol. The number of hydrogen-bond donors (Lipinski definition) is 1. The van der Waals surface area contributed by atoms with Gasteiger partial charge in [-0.1, -0.05) is 6.07 Å². The highest BCUT2D eigenvalue weighted by Crippen LogP contribution is 2.19. The molecule has 2 rings (SSSR count). The van der Waals surface area contributed by atoms with E-state index in [0.717, 1.165) is 30.9 Å². The van der Waals surface area contributed by atoms with Crippen molar-refractivity contribution in [1.29, 1.82) is 0 Å². The van der Waals surface area contributed by atoms with Crippen molar-refractivity contribution >= 4 is 22.9 Å². The van der Waals surface area contributed by atoms with Gasteiger partial charge in [-0.3, -0.25) is 4.79 Å². The Balaban J connectivity index is 2.07. The highest BCUT2D eigenvalue weighted by Gasteiger charge is 2.12. The molecule has 0 aliphatic heterocycles. The maximum Gasteiger partial charge on any atom is 0.253 e. The molecular weight excluding hydrogens is 280 g/mol. The van der Waals surface area contributed by atoms with Crippen LogP contribution in [-0.4, -0.2) is 23.9 Å². The van der Waals surface area contributed by atoms with Gasteiger partial charge in [0.25, 0.3) is 5.91 Å². The highest BCUT2D eigenvalue weighted by atomic mass is 32.1. The molecule has 1 N–H and O–H groups in total. The first-order valence-electron chi connectivity index (χ1n) is 7.31. The summed E-state index contributed by atoms with van der Waals surface area (Å²) in [6.45, 7) is 8.40. The van der Waals surface area contributed by atoms with Gasteiger partial charge in [-0.2, -0.15) is 0 Å². The zero-order chi connectivity index (χ0) is 15.2. The summed E-state index contributed by atoms with van der Waals surface area (Å²) in [5, 5.41) is 5.50. The van der Waals surface area contributed by atoms with Crippen molar-refractivity contribution in [3.63, 3.8) is 0 Å².